The first-order chi connectivity index (χ1) is 13.5. The third-order valence-electron chi connectivity index (χ3n) is 4.15. The standard InChI is InChI=1S/C21H22N4O3/c1-16(25-14-6-13-22-25)21(27)24(2)15-20(26)23-17-9-11-19(12-10-17)28-18-7-4-3-5-8-18/h3-14,16H,15H2,1-2H3,(H,23,26)/t16-/m1/s1. The Kier molecular flexibility index (Phi) is 6.06. The van der Waals surface area contributed by atoms with E-state index in [4.69, 9.17) is 4.74 Å². The van der Waals surface area contributed by atoms with Gasteiger partial charge in [-0.2, -0.15) is 5.10 Å². The lowest BCUT2D eigenvalue weighted by Crippen LogP contribution is -2.38. The first-order valence-electron chi connectivity index (χ1n) is 8.90. The van der Waals surface area contributed by atoms with E-state index in [9.17, 15) is 9.59 Å². The molecule has 0 aliphatic heterocycles. The van der Waals surface area contributed by atoms with Gasteiger partial charge in [-0.15, -0.1) is 0 Å². The maximum absolute atomic E-state index is 12.4. The zero-order chi connectivity index (χ0) is 19.9. The van der Waals surface area contributed by atoms with Crippen LogP contribution in [0.15, 0.2) is 73.1 Å². The molecule has 0 saturated heterocycles. The van der Waals surface area contributed by atoms with Gasteiger partial charge in [-0.25, -0.2) is 0 Å². The molecule has 0 bridgehead atoms. The van der Waals surface area contributed by atoms with Crippen LogP contribution in [0.3, 0.4) is 0 Å². The summed E-state index contributed by atoms with van der Waals surface area (Å²) in [6.07, 6.45) is 3.33. The molecule has 7 nitrogen and oxygen atoms in total. The summed E-state index contributed by atoms with van der Waals surface area (Å²) in [4.78, 5) is 26.1. The van der Waals surface area contributed by atoms with Crippen LogP contribution in [0.1, 0.15) is 13.0 Å². The molecule has 3 rings (SSSR count). The van der Waals surface area contributed by atoms with Gasteiger partial charge in [-0.1, -0.05) is 18.2 Å². The van der Waals surface area contributed by atoms with E-state index in [-0.39, 0.29) is 18.4 Å². The summed E-state index contributed by atoms with van der Waals surface area (Å²) in [6, 6.07) is 17.8. The van der Waals surface area contributed by atoms with E-state index >= 15 is 0 Å². The number of aromatic nitrogens is 2. The molecular weight excluding hydrogens is 356 g/mol. The number of nitrogens with zero attached hydrogens (tertiary/aromatic N) is 3. The minimum Gasteiger partial charge on any atom is -0.457 e. The first-order valence-corrected chi connectivity index (χ1v) is 8.90. The Labute approximate surface area is 163 Å². The third kappa shape index (κ3) is 4.97. The number of carbonyl (C=O) groups excluding carboxylic acids is 2. The zero-order valence-corrected chi connectivity index (χ0v) is 15.8. The average Bonchev–Trinajstić information content (AvgIpc) is 3.24. The highest BCUT2D eigenvalue weighted by atomic mass is 16.5. The molecule has 3 aromatic rings. The summed E-state index contributed by atoms with van der Waals surface area (Å²) in [5.41, 5.74) is 0.631. The van der Waals surface area contributed by atoms with E-state index in [1.807, 2.05) is 30.3 Å². The van der Waals surface area contributed by atoms with Gasteiger partial charge in [-0.3, -0.25) is 14.3 Å². The molecule has 2 aromatic carbocycles. The van der Waals surface area contributed by atoms with Gasteiger partial charge < -0.3 is 15.0 Å². The lowest BCUT2D eigenvalue weighted by atomic mass is 10.2. The number of anilines is 1. The fraction of sp³-hybridized carbons (Fsp3) is 0.190. The van der Waals surface area contributed by atoms with Crippen LogP contribution in [0.25, 0.3) is 0 Å². The molecule has 28 heavy (non-hydrogen) atoms. The van der Waals surface area contributed by atoms with Crippen LogP contribution < -0.4 is 10.1 Å². The summed E-state index contributed by atoms with van der Waals surface area (Å²) in [5, 5.41) is 6.84. The fourth-order valence-electron chi connectivity index (χ4n) is 2.67. The summed E-state index contributed by atoms with van der Waals surface area (Å²) in [5.74, 6) is 0.945. The van der Waals surface area contributed by atoms with Gasteiger partial charge in [0.1, 0.15) is 17.5 Å². The monoisotopic (exact) mass is 378 g/mol. The van der Waals surface area contributed by atoms with Gasteiger partial charge in [0.05, 0.1) is 6.54 Å². The molecule has 7 heteroatoms. The first kappa shape index (κ1) is 19.2. The molecule has 0 saturated carbocycles. The van der Waals surface area contributed by atoms with Crippen molar-refractivity contribution in [2.24, 2.45) is 0 Å². The van der Waals surface area contributed by atoms with Crippen LogP contribution in [0.4, 0.5) is 5.69 Å². The van der Waals surface area contributed by atoms with E-state index in [1.54, 1.807) is 61.4 Å². The number of ether oxygens (including phenoxy) is 1. The molecule has 144 valence electrons. The summed E-state index contributed by atoms with van der Waals surface area (Å²) >= 11 is 0. The highest BCUT2D eigenvalue weighted by Gasteiger charge is 2.21. The molecular formula is C21H22N4O3. The molecule has 2 amide bonds. The zero-order valence-electron chi connectivity index (χ0n) is 15.8. The predicted molar refractivity (Wildman–Crippen MR) is 106 cm³/mol. The van der Waals surface area contributed by atoms with Crippen LogP contribution >= 0.6 is 0 Å². The van der Waals surface area contributed by atoms with Gasteiger partial charge >= 0.3 is 0 Å². The van der Waals surface area contributed by atoms with Crippen molar-refractivity contribution in [3.8, 4) is 11.5 Å². The van der Waals surface area contributed by atoms with Crippen LogP contribution in [-0.4, -0.2) is 40.1 Å². The number of rotatable bonds is 7. The van der Waals surface area contributed by atoms with Crippen LogP contribution in [0.5, 0.6) is 11.5 Å². The lowest BCUT2D eigenvalue weighted by Gasteiger charge is -2.21. The highest BCUT2D eigenvalue weighted by molar-refractivity contribution is 5.94. The third-order valence-corrected chi connectivity index (χ3v) is 4.15. The molecule has 1 heterocycles. The van der Waals surface area contributed by atoms with E-state index < -0.39 is 6.04 Å². The van der Waals surface area contributed by atoms with E-state index in [1.165, 1.54) is 4.90 Å². The number of carbonyl (C=O) groups is 2. The molecule has 0 radical (unpaired) electrons. The maximum Gasteiger partial charge on any atom is 0.247 e. The highest BCUT2D eigenvalue weighted by Crippen LogP contribution is 2.22. The SMILES string of the molecule is C[C@H](C(=O)N(C)CC(=O)Nc1ccc(Oc2ccccc2)cc1)n1cccn1. The fourth-order valence-corrected chi connectivity index (χ4v) is 2.67. The molecule has 1 N–H and O–H groups in total. The molecule has 1 atom stereocenters. The molecule has 1 aromatic heterocycles. The topological polar surface area (TPSA) is 76.5 Å². The minimum absolute atomic E-state index is 0.0489. The van der Waals surface area contributed by atoms with Gasteiger partial charge in [0.2, 0.25) is 11.8 Å². The van der Waals surface area contributed by atoms with Crippen molar-refractivity contribution in [2.45, 2.75) is 13.0 Å². The molecule has 0 aliphatic carbocycles. The number of hydrogen-bond donors (Lipinski definition) is 1. The lowest BCUT2D eigenvalue weighted by molar-refractivity contribution is -0.136. The molecule has 0 aliphatic rings. The van der Waals surface area contributed by atoms with Crippen molar-refractivity contribution in [1.29, 1.82) is 0 Å². The number of para-hydroxylation sites is 1. The Bertz CT molecular complexity index is 909. The van der Waals surface area contributed by atoms with Crippen molar-refractivity contribution in [3.05, 3.63) is 73.1 Å². The van der Waals surface area contributed by atoms with Crippen molar-refractivity contribution in [1.82, 2.24) is 14.7 Å². The second kappa shape index (κ2) is 8.85. The molecule has 0 unspecified atom stereocenters. The summed E-state index contributed by atoms with van der Waals surface area (Å²) in [6.45, 7) is 1.70. The predicted octanol–water partition coefficient (Wildman–Crippen LogP) is 3.33. The molecule has 0 fully saturated rings. The van der Waals surface area contributed by atoms with E-state index in [2.05, 4.69) is 10.4 Å². The second-order valence-electron chi connectivity index (χ2n) is 6.34. The number of benzene rings is 2. The van der Waals surface area contributed by atoms with Gasteiger partial charge in [0.15, 0.2) is 0 Å². The Morgan fingerprint density at radius 1 is 1.07 bits per heavy atom. The summed E-state index contributed by atoms with van der Waals surface area (Å²) in [7, 11) is 1.60. The number of likely N-dealkylation sites (N-methyl/N-ethyl adjacent to an activating group) is 1. The Balaban J connectivity index is 1.52. The van der Waals surface area contributed by atoms with Crippen molar-refractivity contribution < 1.29 is 14.3 Å². The van der Waals surface area contributed by atoms with Crippen LogP contribution in [-0.2, 0) is 9.59 Å². The number of amides is 2. The van der Waals surface area contributed by atoms with E-state index in [0.29, 0.717) is 11.4 Å². The van der Waals surface area contributed by atoms with Gasteiger partial charge in [-0.05, 0) is 49.4 Å². The van der Waals surface area contributed by atoms with Gasteiger partial charge in [0.25, 0.3) is 0 Å². The number of hydrogen-bond acceptors (Lipinski definition) is 4. The normalized spacial score (nSPS) is 11.5. The summed E-state index contributed by atoms with van der Waals surface area (Å²) < 4.78 is 7.28. The van der Waals surface area contributed by atoms with Crippen molar-refractivity contribution in [2.75, 3.05) is 18.9 Å². The number of nitrogens with one attached hydrogen (secondary N) is 1. The Morgan fingerprint density at radius 2 is 1.75 bits per heavy atom. The van der Waals surface area contributed by atoms with Gasteiger partial charge in [0, 0.05) is 25.1 Å². The van der Waals surface area contributed by atoms with Crippen LogP contribution in [0.2, 0.25) is 0 Å². The Morgan fingerprint density at radius 3 is 2.39 bits per heavy atom. The van der Waals surface area contributed by atoms with Crippen molar-refractivity contribution >= 4 is 17.5 Å². The van der Waals surface area contributed by atoms with Crippen molar-refractivity contribution in [3.63, 3.8) is 0 Å². The second-order valence-corrected chi connectivity index (χ2v) is 6.34. The molecule has 0 spiro atoms. The maximum atomic E-state index is 12.4. The largest absolute Gasteiger partial charge is 0.457 e. The smallest absolute Gasteiger partial charge is 0.247 e. The Hall–Kier alpha value is -3.61. The minimum atomic E-state index is -0.470. The van der Waals surface area contributed by atoms with Crippen LogP contribution in [0, 0.1) is 0 Å². The van der Waals surface area contributed by atoms with E-state index in [0.717, 1.165) is 5.75 Å². The average molecular weight is 378 g/mol. The quantitative estimate of drug-likeness (QED) is 0.684.